The Hall–Kier alpha value is -3.23. The highest BCUT2D eigenvalue weighted by atomic mass is 16.5. The van der Waals surface area contributed by atoms with Gasteiger partial charge in [-0.25, -0.2) is 0 Å². The maximum atomic E-state index is 13.4. The summed E-state index contributed by atoms with van der Waals surface area (Å²) < 4.78 is 55.3. The van der Waals surface area contributed by atoms with Crippen LogP contribution in [-0.2, 0) is 33.9 Å². The first-order valence-corrected chi connectivity index (χ1v) is 10.8. The van der Waals surface area contributed by atoms with Crippen molar-refractivity contribution in [1.82, 2.24) is 15.1 Å². The molecule has 8 heteroatoms. The van der Waals surface area contributed by atoms with Crippen molar-refractivity contribution in [2.75, 3.05) is 31.6 Å². The van der Waals surface area contributed by atoms with Crippen LogP contribution in [0.15, 0.2) is 42.5 Å². The Bertz CT molecular complexity index is 1310. The average Bonchev–Trinajstić information content (AvgIpc) is 3.09. The second-order valence-corrected chi connectivity index (χ2v) is 8.06. The van der Waals surface area contributed by atoms with Gasteiger partial charge < -0.3 is 15.0 Å². The number of nitrogens with zero attached hydrogens (tertiary/aromatic N) is 2. The summed E-state index contributed by atoms with van der Waals surface area (Å²) in [5, 5.41) is 4.90. The quantitative estimate of drug-likeness (QED) is 0.648. The normalized spacial score (nSPS) is 28.4. The molecule has 5 rings (SSSR count). The van der Waals surface area contributed by atoms with E-state index >= 15 is 0 Å². The van der Waals surface area contributed by atoms with Crippen molar-refractivity contribution in [3.63, 3.8) is 0 Å². The minimum Gasteiger partial charge on any atom is -0.381 e. The number of carbonyl (C=O) groups excluding carboxylic acids is 3. The van der Waals surface area contributed by atoms with Gasteiger partial charge in [-0.2, -0.15) is 0 Å². The minimum atomic E-state index is -3.19. The Morgan fingerprint density at radius 1 is 1.06 bits per heavy atom. The lowest BCUT2D eigenvalue weighted by Crippen LogP contribution is -2.52. The van der Waals surface area contributed by atoms with Crippen LogP contribution in [0.4, 0.5) is 5.69 Å². The van der Waals surface area contributed by atoms with Crippen molar-refractivity contribution in [3.05, 3.63) is 64.7 Å². The highest BCUT2D eigenvalue weighted by Crippen LogP contribution is 2.32. The number of benzene rings is 2. The standard InChI is InChI=1S/C25H28N4O4/c30-23-9-8-22(24(31)27-23)29-16-20-19(25(29)32)2-1-3-21(20)26-14-17-4-6-18(7-5-17)15-28-10-12-33-13-11-28/h1-7,22,26H,8-16H2,(H,27,30,31)/t22-/m0/s1/i8D2,9D2,16D2. The Morgan fingerprint density at radius 3 is 2.61 bits per heavy atom. The number of fused-ring (bicyclic) bond motifs is 1. The van der Waals surface area contributed by atoms with E-state index in [1.165, 1.54) is 6.07 Å². The van der Waals surface area contributed by atoms with Crippen molar-refractivity contribution >= 4 is 23.4 Å². The SMILES string of the molecule is [2H]C1([2H])c2c(NCc3ccc(CN4CCOCC4)cc3)cccc2C(=O)N1[C@@H]1C(=O)NC(=O)C([2H])([2H])C1([2H])[2H]. The molecule has 33 heavy (non-hydrogen) atoms. The van der Waals surface area contributed by atoms with Gasteiger partial charge in [0.1, 0.15) is 6.04 Å². The molecule has 1 atom stereocenters. The summed E-state index contributed by atoms with van der Waals surface area (Å²) in [7, 11) is 0. The Labute approximate surface area is 201 Å². The second-order valence-electron chi connectivity index (χ2n) is 8.06. The smallest absolute Gasteiger partial charge is 0.255 e. The number of ether oxygens (including phenoxy) is 1. The summed E-state index contributed by atoms with van der Waals surface area (Å²) in [5.41, 5.74) is 2.18. The molecule has 8 nitrogen and oxygen atoms in total. The number of rotatable bonds is 6. The Morgan fingerprint density at radius 2 is 1.82 bits per heavy atom. The van der Waals surface area contributed by atoms with Gasteiger partial charge in [-0.15, -0.1) is 0 Å². The predicted octanol–water partition coefficient (Wildman–Crippen LogP) is 1.89. The summed E-state index contributed by atoms with van der Waals surface area (Å²) >= 11 is 0. The molecule has 3 aliphatic rings. The first kappa shape index (κ1) is 15.6. The van der Waals surface area contributed by atoms with Crippen LogP contribution < -0.4 is 10.6 Å². The van der Waals surface area contributed by atoms with Crippen LogP contribution in [0.1, 0.15) is 48.0 Å². The number of piperidine rings is 1. The fraction of sp³-hybridized carbons (Fsp3) is 0.400. The third-order valence-corrected chi connectivity index (χ3v) is 5.83. The van der Waals surface area contributed by atoms with E-state index in [1.807, 2.05) is 24.3 Å². The van der Waals surface area contributed by atoms with Gasteiger partial charge in [0.05, 0.1) is 16.0 Å². The van der Waals surface area contributed by atoms with Crippen molar-refractivity contribution in [3.8, 4) is 0 Å². The zero-order valence-corrected chi connectivity index (χ0v) is 17.9. The fourth-order valence-electron chi connectivity index (χ4n) is 4.05. The summed E-state index contributed by atoms with van der Waals surface area (Å²) in [4.78, 5) is 40.8. The number of carbonyl (C=O) groups is 3. The van der Waals surface area contributed by atoms with Gasteiger partial charge in [-0.3, -0.25) is 24.6 Å². The molecule has 0 aliphatic carbocycles. The molecule has 0 radical (unpaired) electrons. The molecule has 2 saturated heterocycles. The number of hydrogen-bond donors (Lipinski definition) is 2. The van der Waals surface area contributed by atoms with Gasteiger partial charge in [0, 0.05) is 61.3 Å². The lowest BCUT2D eigenvalue weighted by molar-refractivity contribution is -0.136. The van der Waals surface area contributed by atoms with Crippen LogP contribution in [0.25, 0.3) is 0 Å². The molecule has 2 aromatic rings. The fourth-order valence-corrected chi connectivity index (χ4v) is 4.05. The van der Waals surface area contributed by atoms with Crippen molar-refractivity contribution in [2.24, 2.45) is 0 Å². The molecule has 0 bridgehead atoms. The lowest BCUT2D eigenvalue weighted by Gasteiger charge is -2.29. The lowest BCUT2D eigenvalue weighted by atomic mass is 10.0. The van der Waals surface area contributed by atoms with Crippen molar-refractivity contribution in [2.45, 2.75) is 38.4 Å². The summed E-state index contributed by atoms with van der Waals surface area (Å²) in [5.74, 6) is -3.73. The van der Waals surface area contributed by atoms with Gasteiger partial charge >= 0.3 is 0 Å². The van der Waals surface area contributed by atoms with E-state index in [0.29, 0.717) is 11.4 Å². The third-order valence-electron chi connectivity index (χ3n) is 5.83. The number of amides is 3. The molecular formula is C25H28N4O4. The third kappa shape index (κ3) is 4.62. The van der Waals surface area contributed by atoms with Gasteiger partial charge in [-0.05, 0) is 29.6 Å². The molecule has 3 heterocycles. The number of morpholine rings is 1. The number of imide groups is 1. The van der Waals surface area contributed by atoms with E-state index in [0.717, 1.165) is 44.0 Å². The molecule has 3 amide bonds. The van der Waals surface area contributed by atoms with E-state index in [1.54, 1.807) is 17.4 Å². The van der Waals surface area contributed by atoms with Gasteiger partial charge in [0.15, 0.2) is 0 Å². The maximum Gasteiger partial charge on any atom is 0.255 e. The molecule has 172 valence electrons. The van der Waals surface area contributed by atoms with Crippen LogP contribution in [0, 0.1) is 0 Å². The second kappa shape index (κ2) is 9.33. The van der Waals surface area contributed by atoms with E-state index in [-0.39, 0.29) is 16.8 Å². The molecule has 0 unspecified atom stereocenters. The molecule has 2 fully saturated rings. The number of anilines is 1. The van der Waals surface area contributed by atoms with Crippen LogP contribution in [0.2, 0.25) is 0 Å². The molecule has 2 N–H and O–H groups in total. The highest BCUT2D eigenvalue weighted by Gasteiger charge is 2.39. The molecule has 3 aliphatic heterocycles. The van der Waals surface area contributed by atoms with Gasteiger partial charge in [0.25, 0.3) is 5.91 Å². The van der Waals surface area contributed by atoms with E-state index in [9.17, 15) is 14.4 Å². The Balaban J connectivity index is 1.37. The number of hydrogen-bond acceptors (Lipinski definition) is 6. The van der Waals surface area contributed by atoms with Gasteiger partial charge in [-0.1, -0.05) is 30.3 Å². The van der Waals surface area contributed by atoms with Crippen molar-refractivity contribution in [1.29, 1.82) is 0 Å². The van der Waals surface area contributed by atoms with Crippen LogP contribution >= 0.6 is 0 Å². The van der Waals surface area contributed by atoms with Gasteiger partial charge in [0.2, 0.25) is 11.8 Å². The van der Waals surface area contributed by atoms with Crippen LogP contribution in [0.5, 0.6) is 0 Å². The van der Waals surface area contributed by atoms with E-state index in [4.69, 9.17) is 13.0 Å². The van der Waals surface area contributed by atoms with Crippen LogP contribution in [-0.4, -0.2) is 59.9 Å². The first-order valence-electron chi connectivity index (χ1n) is 13.8. The molecule has 0 saturated carbocycles. The van der Waals surface area contributed by atoms with E-state index < -0.39 is 43.0 Å². The topological polar surface area (TPSA) is 91.0 Å². The minimum absolute atomic E-state index is 0.0769. The number of nitrogens with one attached hydrogen (secondary N) is 2. The Kier molecular flexibility index (Phi) is 4.40. The summed E-state index contributed by atoms with van der Waals surface area (Å²) in [6.45, 7) is 1.64. The first-order chi connectivity index (χ1) is 18.4. The average molecular weight is 455 g/mol. The van der Waals surface area contributed by atoms with E-state index in [2.05, 4.69) is 10.2 Å². The van der Waals surface area contributed by atoms with Crippen molar-refractivity contribution < 1.29 is 27.3 Å². The molecule has 0 aromatic heterocycles. The maximum absolute atomic E-state index is 13.4. The summed E-state index contributed by atoms with van der Waals surface area (Å²) in [6, 6.07) is 10.2. The molecule has 0 spiro atoms. The largest absolute Gasteiger partial charge is 0.381 e. The summed E-state index contributed by atoms with van der Waals surface area (Å²) in [6.07, 6.45) is -6.36. The molecular weight excluding hydrogens is 420 g/mol. The predicted molar refractivity (Wildman–Crippen MR) is 122 cm³/mol. The van der Waals surface area contributed by atoms with Crippen LogP contribution in [0.3, 0.4) is 0 Å². The monoisotopic (exact) mass is 454 g/mol. The zero-order chi connectivity index (χ0) is 28.2. The zero-order valence-electron chi connectivity index (χ0n) is 23.9. The highest BCUT2D eigenvalue weighted by molar-refractivity contribution is 6.06. The molecule has 2 aromatic carbocycles.